The van der Waals surface area contributed by atoms with Crippen molar-refractivity contribution in [3.8, 4) is 27.8 Å². The van der Waals surface area contributed by atoms with Crippen LogP contribution in [0.5, 0.6) is 17.2 Å². The van der Waals surface area contributed by atoms with Gasteiger partial charge in [0.1, 0.15) is 16.5 Å². The number of methoxy groups -OCH3 is 2. The summed E-state index contributed by atoms with van der Waals surface area (Å²) in [6.45, 7) is -0.0817. The molecule has 0 saturated heterocycles. The number of rotatable bonds is 7. The van der Waals surface area contributed by atoms with Gasteiger partial charge in [-0.2, -0.15) is 0 Å². The van der Waals surface area contributed by atoms with E-state index in [-0.39, 0.29) is 29.2 Å². The Balaban J connectivity index is 1.77. The third kappa shape index (κ3) is 4.27. The van der Waals surface area contributed by atoms with E-state index in [0.29, 0.717) is 22.1 Å². The monoisotopic (exact) mass is 415 g/mol. The van der Waals surface area contributed by atoms with Crippen molar-refractivity contribution in [1.29, 1.82) is 0 Å². The van der Waals surface area contributed by atoms with Crippen LogP contribution in [0.15, 0.2) is 41.8 Å². The molecule has 3 rings (SSSR count). The Morgan fingerprint density at radius 1 is 1.28 bits per heavy atom. The van der Waals surface area contributed by atoms with E-state index in [9.17, 15) is 20.0 Å². The van der Waals surface area contributed by atoms with E-state index >= 15 is 0 Å². The lowest BCUT2D eigenvalue weighted by Crippen LogP contribution is -2.23. The number of carbonyl (C=O) groups excluding carboxylic acids is 1. The molecule has 150 valence electrons. The highest BCUT2D eigenvalue weighted by Gasteiger charge is 2.18. The van der Waals surface area contributed by atoms with Crippen molar-refractivity contribution in [2.75, 3.05) is 14.2 Å². The minimum absolute atomic E-state index is 0.0817. The van der Waals surface area contributed by atoms with E-state index in [2.05, 4.69) is 10.3 Å². The van der Waals surface area contributed by atoms with Gasteiger partial charge in [-0.25, -0.2) is 4.98 Å². The fraction of sp³-hybridized carbons (Fsp3) is 0.158. The van der Waals surface area contributed by atoms with Crippen LogP contribution in [0.4, 0.5) is 5.69 Å². The standard InChI is InChI=1S/C19H17N3O6S/c1-27-16-5-3-4-13(17(16)28-2)19-21-14(10-29-19)18(24)20-9-11-8-12(22(25)26)6-7-15(11)23/h3-8,10,23H,9H2,1-2H3,(H,20,24). The molecule has 2 N–H and O–H groups in total. The number of non-ortho nitro benzene ring substituents is 1. The highest BCUT2D eigenvalue weighted by Crippen LogP contribution is 2.39. The quantitative estimate of drug-likeness (QED) is 0.448. The van der Waals surface area contributed by atoms with Crippen molar-refractivity contribution in [3.63, 3.8) is 0 Å². The third-order valence-corrected chi connectivity index (χ3v) is 4.96. The van der Waals surface area contributed by atoms with E-state index in [1.54, 1.807) is 17.5 Å². The highest BCUT2D eigenvalue weighted by molar-refractivity contribution is 7.13. The Hall–Kier alpha value is -3.66. The Morgan fingerprint density at radius 3 is 2.76 bits per heavy atom. The first-order chi connectivity index (χ1) is 13.9. The zero-order valence-electron chi connectivity index (χ0n) is 15.5. The summed E-state index contributed by atoms with van der Waals surface area (Å²) in [5.41, 5.74) is 0.928. The minimum Gasteiger partial charge on any atom is -0.508 e. The predicted octanol–water partition coefficient (Wildman–Crippen LogP) is 3.37. The molecule has 0 aliphatic carbocycles. The number of nitro groups is 1. The average Bonchev–Trinajstić information content (AvgIpc) is 3.22. The van der Waals surface area contributed by atoms with Gasteiger partial charge < -0.3 is 19.9 Å². The fourth-order valence-electron chi connectivity index (χ4n) is 2.65. The van der Waals surface area contributed by atoms with Gasteiger partial charge in [0.05, 0.1) is 24.7 Å². The first-order valence-corrected chi connectivity index (χ1v) is 9.24. The third-order valence-electron chi connectivity index (χ3n) is 4.08. The van der Waals surface area contributed by atoms with Gasteiger partial charge in [0, 0.05) is 29.6 Å². The van der Waals surface area contributed by atoms with E-state index in [1.165, 1.54) is 43.8 Å². The lowest BCUT2D eigenvalue weighted by Gasteiger charge is -2.10. The van der Waals surface area contributed by atoms with Crippen LogP contribution in [0.25, 0.3) is 10.6 Å². The van der Waals surface area contributed by atoms with Crippen LogP contribution in [0.2, 0.25) is 0 Å². The normalized spacial score (nSPS) is 10.4. The number of aromatic nitrogens is 1. The topological polar surface area (TPSA) is 124 Å². The molecule has 29 heavy (non-hydrogen) atoms. The van der Waals surface area contributed by atoms with Crippen molar-refractivity contribution >= 4 is 22.9 Å². The van der Waals surface area contributed by atoms with Crippen LogP contribution in [0.3, 0.4) is 0 Å². The summed E-state index contributed by atoms with van der Waals surface area (Å²) >= 11 is 1.26. The molecule has 9 nitrogen and oxygen atoms in total. The van der Waals surface area contributed by atoms with E-state index in [4.69, 9.17) is 9.47 Å². The molecule has 0 fully saturated rings. The Morgan fingerprint density at radius 2 is 2.07 bits per heavy atom. The molecule has 0 radical (unpaired) electrons. The molecule has 3 aromatic rings. The summed E-state index contributed by atoms with van der Waals surface area (Å²) in [5.74, 6) is 0.446. The first-order valence-electron chi connectivity index (χ1n) is 8.36. The summed E-state index contributed by atoms with van der Waals surface area (Å²) in [5, 5.41) is 25.5. The molecule has 2 aromatic carbocycles. The lowest BCUT2D eigenvalue weighted by atomic mass is 10.1. The maximum absolute atomic E-state index is 12.4. The number of para-hydroxylation sites is 1. The number of nitro benzene ring substituents is 1. The van der Waals surface area contributed by atoms with Crippen molar-refractivity contribution in [2.45, 2.75) is 6.54 Å². The Kier molecular flexibility index (Phi) is 5.93. The second-order valence-corrected chi connectivity index (χ2v) is 6.69. The van der Waals surface area contributed by atoms with Gasteiger partial charge in [0.25, 0.3) is 11.6 Å². The zero-order chi connectivity index (χ0) is 21.0. The van der Waals surface area contributed by atoms with E-state index < -0.39 is 10.8 Å². The summed E-state index contributed by atoms with van der Waals surface area (Å²) in [7, 11) is 3.06. The number of nitrogens with zero attached hydrogens (tertiary/aromatic N) is 2. The van der Waals surface area contributed by atoms with Crippen LogP contribution in [-0.2, 0) is 6.54 Å². The van der Waals surface area contributed by atoms with Crippen LogP contribution in [-0.4, -0.2) is 35.1 Å². The molecule has 1 amide bonds. The molecule has 0 bridgehead atoms. The minimum atomic E-state index is -0.570. The summed E-state index contributed by atoms with van der Waals surface area (Å²) in [6.07, 6.45) is 0. The molecular formula is C19H17N3O6S. The van der Waals surface area contributed by atoms with Crippen LogP contribution in [0, 0.1) is 10.1 Å². The number of benzene rings is 2. The number of ether oxygens (including phenoxy) is 2. The van der Waals surface area contributed by atoms with Crippen molar-refractivity contribution in [2.24, 2.45) is 0 Å². The maximum atomic E-state index is 12.4. The predicted molar refractivity (Wildman–Crippen MR) is 107 cm³/mol. The number of nitrogens with one attached hydrogen (secondary N) is 1. The van der Waals surface area contributed by atoms with Gasteiger partial charge in [-0.05, 0) is 18.2 Å². The number of hydrogen-bond donors (Lipinski definition) is 2. The second kappa shape index (κ2) is 8.57. The van der Waals surface area contributed by atoms with Gasteiger partial charge in [0.15, 0.2) is 11.5 Å². The summed E-state index contributed by atoms with van der Waals surface area (Å²) in [6, 6.07) is 8.98. The van der Waals surface area contributed by atoms with Gasteiger partial charge in [-0.1, -0.05) is 6.07 Å². The van der Waals surface area contributed by atoms with Gasteiger partial charge >= 0.3 is 0 Å². The maximum Gasteiger partial charge on any atom is 0.271 e. The highest BCUT2D eigenvalue weighted by atomic mass is 32.1. The molecule has 0 aliphatic heterocycles. The first kappa shape index (κ1) is 20.1. The molecule has 1 aromatic heterocycles. The van der Waals surface area contributed by atoms with Crippen LogP contribution >= 0.6 is 11.3 Å². The number of phenols is 1. The van der Waals surface area contributed by atoms with Gasteiger partial charge in [-0.3, -0.25) is 14.9 Å². The molecule has 1 heterocycles. The molecule has 0 aliphatic rings. The second-order valence-electron chi connectivity index (χ2n) is 5.83. The Bertz CT molecular complexity index is 1070. The zero-order valence-corrected chi connectivity index (χ0v) is 16.4. The van der Waals surface area contributed by atoms with Crippen molar-refractivity contribution in [1.82, 2.24) is 10.3 Å². The molecule has 10 heteroatoms. The largest absolute Gasteiger partial charge is 0.508 e. The number of carbonyl (C=O) groups is 1. The smallest absolute Gasteiger partial charge is 0.271 e. The molecular weight excluding hydrogens is 398 g/mol. The van der Waals surface area contributed by atoms with Crippen LogP contribution in [0.1, 0.15) is 16.1 Å². The Labute approximate surface area is 169 Å². The number of amides is 1. The number of hydrogen-bond acceptors (Lipinski definition) is 8. The van der Waals surface area contributed by atoms with E-state index in [0.717, 1.165) is 0 Å². The summed E-state index contributed by atoms with van der Waals surface area (Å²) in [4.78, 5) is 27.1. The van der Waals surface area contributed by atoms with Crippen molar-refractivity contribution in [3.05, 3.63) is 63.1 Å². The van der Waals surface area contributed by atoms with Gasteiger partial charge in [0.2, 0.25) is 0 Å². The molecule has 0 unspecified atom stereocenters. The molecule has 0 spiro atoms. The molecule has 0 atom stereocenters. The number of aromatic hydroxyl groups is 1. The van der Waals surface area contributed by atoms with E-state index in [1.807, 2.05) is 6.07 Å². The number of phenolic OH excluding ortho intramolecular Hbond substituents is 1. The summed E-state index contributed by atoms with van der Waals surface area (Å²) < 4.78 is 10.7. The average molecular weight is 415 g/mol. The fourth-order valence-corrected chi connectivity index (χ4v) is 3.47. The van der Waals surface area contributed by atoms with Crippen molar-refractivity contribution < 1.29 is 24.3 Å². The van der Waals surface area contributed by atoms with Crippen LogP contribution < -0.4 is 14.8 Å². The lowest BCUT2D eigenvalue weighted by molar-refractivity contribution is -0.384. The number of thiazole rings is 1. The van der Waals surface area contributed by atoms with Gasteiger partial charge in [-0.15, -0.1) is 11.3 Å². The SMILES string of the molecule is COc1cccc(-c2nc(C(=O)NCc3cc([N+](=O)[O-])ccc3O)cs2)c1OC. The molecule has 0 saturated carbocycles.